The van der Waals surface area contributed by atoms with E-state index in [1.807, 2.05) is 30.3 Å². The molecule has 1 aromatic rings. The largest absolute Gasteiger partial charge is 0.342 e. The molecule has 0 spiro atoms. The van der Waals surface area contributed by atoms with Gasteiger partial charge in [0.05, 0.1) is 11.6 Å². The number of benzene rings is 1. The number of carbonyl (C=O) groups excluding carboxylic acids is 2. The maximum Gasteiger partial charge on any atom is 0.238 e. The van der Waals surface area contributed by atoms with Gasteiger partial charge in [-0.1, -0.05) is 49.6 Å². The van der Waals surface area contributed by atoms with Gasteiger partial charge in [0, 0.05) is 0 Å². The van der Waals surface area contributed by atoms with Crippen LogP contribution in [0, 0.1) is 0 Å². The minimum atomic E-state index is -0.691. The highest BCUT2D eigenvalue weighted by Gasteiger charge is 2.38. The van der Waals surface area contributed by atoms with Crippen molar-refractivity contribution in [3.8, 4) is 0 Å². The molecule has 1 fully saturated rings. The summed E-state index contributed by atoms with van der Waals surface area (Å²) in [5.74, 6) is -0.182. The molecule has 0 aromatic heterocycles. The smallest absolute Gasteiger partial charge is 0.238 e. The number of hydrogen-bond acceptors (Lipinski definition) is 3. The Morgan fingerprint density at radius 1 is 1.19 bits per heavy atom. The van der Waals surface area contributed by atoms with E-state index in [0.717, 1.165) is 37.7 Å². The number of nitrogens with one attached hydrogen (secondary N) is 1. The van der Waals surface area contributed by atoms with Crippen LogP contribution >= 0.6 is 0 Å². The molecule has 114 valence electrons. The van der Waals surface area contributed by atoms with Gasteiger partial charge in [-0.15, -0.1) is 0 Å². The van der Waals surface area contributed by atoms with Crippen LogP contribution in [0.1, 0.15) is 44.6 Å². The second kappa shape index (κ2) is 6.85. The molecule has 4 heteroatoms. The van der Waals surface area contributed by atoms with Crippen molar-refractivity contribution in [2.24, 2.45) is 5.73 Å². The molecule has 1 aliphatic carbocycles. The lowest BCUT2D eigenvalue weighted by Gasteiger charge is -2.36. The van der Waals surface area contributed by atoms with E-state index in [0.29, 0.717) is 6.42 Å². The zero-order chi connectivity index (χ0) is 15.3. The van der Waals surface area contributed by atoms with Gasteiger partial charge in [-0.3, -0.25) is 9.59 Å². The van der Waals surface area contributed by atoms with Crippen molar-refractivity contribution in [3.63, 3.8) is 0 Å². The first-order valence-corrected chi connectivity index (χ1v) is 7.66. The summed E-state index contributed by atoms with van der Waals surface area (Å²) in [6.45, 7) is 1.56. The Bertz CT molecular complexity index is 493. The van der Waals surface area contributed by atoms with Gasteiger partial charge in [0.1, 0.15) is 0 Å². The van der Waals surface area contributed by atoms with Gasteiger partial charge in [-0.2, -0.15) is 0 Å². The lowest BCUT2D eigenvalue weighted by Crippen LogP contribution is -2.58. The maximum absolute atomic E-state index is 12.3. The first kappa shape index (κ1) is 15.7. The van der Waals surface area contributed by atoms with Crippen LogP contribution in [0.2, 0.25) is 0 Å². The standard InChI is InChI=1S/C17H24N2O2/c1-13(20)17(10-6-3-7-11-17)19-16(21)15(18)12-14-8-4-2-5-9-14/h2,4-5,8-9,15H,3,6-7,10-12,18H2,1H3,(H,19,21)/t15-/m0/s1. The van der Waals surface area contributed by atoms with Crippen LogP contribution in [-0.2, 0) is 16.0 Å². The van der Waals surface area contributed by atoms with Crippen molar-refractivity contribution in [2.45, 2.75) is 57.0 Å². The first-order chi connectivity index (χ1) is 10.0. The molecule has 2 rings (SSSR count). The molecule has 1 aromatic carbocycles. The lowest BCUT2D eigenvalue weighted by atomic mass is 9.78. The number of rotatable bonds is 5. The third-order valence-corrected chi connectivity index (χ3v) is 4.38. The van der Waals surface area contributed by atoms with Crippen molar-refractivity contribution in [1.82, 2.24) is 5.32 Å². The van der Waals surface area contributed by atoms with Gasteiger partial charge in [0.2, 0.25) is 5.91 Å². The van der Waals surface area contributed by atoms with E-state index in [4.69, 9.17) is 5.73 Å². The highest BCUT2D eigenvalue weighted by molar-refractivity contribution is 5.93. The number of amides is 1. The molecule has 0 heterocycles. The second-order valence-corrected chi connectivity index (χ2v) is 5.98. The van der Waals surface area contributed by atoms with Crippen LogP contribution < -0.4 is 11.1 Å². The Balaban J connectivity index is 2.00. The third kappa shape index (κ3) is 3.91. The number of ketones is 1. The molecule has 0 unspecified atom stereocenters. The zero-order valence-corrected chi connectivity index (χ0v) is 12.6. The topological polar surface area (TPSA) is 72.2 Å². The molecule has 0 bridgehead atoms. The molecule has 1 atom stereocenters. The highest BCUT2D eigenvalue weighted by Crippen LogP contribution is 2.29. The van der Waals surface area contributed by atoms with E-state index in [1.54, 1.807) is 6.92 Å². The average molecular weight is 288 g/mol. The van der Waals surface area contributed by atoms with Gasteiger partial charge >= 0.3 is 0 Å². The molecule has 0 saturated heterocycles. The first-order valence-electron chi connectivity index (χ1n) is 7.66. The van der Waals surface area contributed by atoms with E-state index < -0.39 is 11.6 Å². The second-order valence-electron chi connectivity index (χ2n) is 5.98. The van der Waals surface area contributed by atoms with Crippen molar-refractivity contribution < 1.29 is 9.59 Å². The fourth-order valence-corrected chi connectivity index (χ4v) is 3.01. The maximum atomic E-state index is 12.3. The van der Waals surface area contributed by atoms with E-state index in [9.17, 15) is 9.59 Å². The molecule has 0 radical (unpaired) electrons. The summed E-state index contributed by atoms with van der Waals surface area (Å²) in [5, 5.41) is 2.94. The molecule has 21 heavy (non-hydrogen) atoms. The summed E-state index contributed by atoms with van der Waals surface area (Å²) in [6.07, 6.45) is 5.03. The van der Waals surface area contributed by atoms with Gasteiger partial charge in [-0.25, -0.2) is 0 Å². The fourth-order valence-electron chi connectivity index (χ4n) is 3.01. The average Bonchev–Trinajstić information content (AvgIpc) is 2.49. The summed E-state index contributed by atoms with van der Waals surface area (Å²) in [4.78, 5) is 24.3. The number of carbonyl (C=O) groups is 2. The summed E-state index contributed by atoms with van der Waals surface area (Å²) in [6, 6.07) is 9.08. The number of hydrogen-bond donors (Lipinski definition) is 2. The quantitative estimate of drug-likeness (QED) is 0.870. The lowest BCUT2D eigenvalue weighted by molar-refractivity contribution is -0.132. The molecular formula is C17H24N2O2. The molecular weight excluding hydrogens is 264 g/mol. The summed E-state index contributed by atoms with van der Waals surface area (Å²) >= 11 is 0. The molecule has 0 aliphatic heterocycles. The van der Waals surface area contributed by atoms with Gasteiger partial charge in [-0.05, 0) is 31.7 Å². The fraction of sp³-hybridized carbons (Fsp3) is 0.529. The van der Waals surface area contributed by atoms with Crippen LogP contribution in [0.25, 0.3) is 0 Å². The normalized spacial score (nSPS) is 18.8. The van der Waals surface area contributed by atoms with Gasteiger partial charge < -0.3 is 11.1 Å². The zero-order valence-electron chi connectivity index (χ0n) is 12.6. The Labute approximate surface area is 126 Å². The van der Waals surface area contributed by atoms with Crippen molar-refractivity contribution in [1.29, 1.82) is 0 Å². The van der Waals surface area contributed by atoms with Crippen molar-refractivity contribution in [3.05, 3.63) is 35.9 Å². The van der Waals surface area contributed by atoms with E-state index >= 15 is 0 Å². The summed E-state index contributed by atoms with van der Waals surface area (Å²) in [7, 11) is 0. The summed E-state index contributed by atoms with van der Waals surface area (Å²) in [5.41, 5.74) is 6.34. The van der Waals surface area contributed by atoms with Crippen molar-refractivity contribution >= 4 is 11.7 Å². The SMILES string of the molecule is CC(=O)C1(NC(=O)[C@@H](N)Cc2ccccc2)CCCCC1. The molecule has 1 aliphatic rings. The third-order valence-electron chi connectivity index (χ3n) is 4.38. The van der Waals surface area contributed by atoms with E-state index in [2.05, 4.69) is 5.32 Å². The van der Waals surface area contributed by atoms with Crippen LogP contribution in [0.4, 0.5) is 0 Å². The van der Waals surface area contributed by atoms with E-state index in [1.165, 1.54) is 0 Å². The Hall–Kier alpha value is -1.68. The highest BCUT2D eigenvalue weighted by atomic mass is 16.2. The molecule has 4 nitrogen and oxygen atoms in total. The van der Waals surface area contributed by atoms with Crippen LogP contribution in [0.3, 0.4) is 0 Å². The van der Waals surface area contributed by atoms with Crippen LogP contribution in [0.5, 0.6) is 0 Å². The minimum Gasteiger partial charge on any atom is -0.342 e. The summed E-state index contributed by atoms with van der Waals surface area (Å²) < 4.78 is 0. The number of nitrogens with two attached hydrogens (primary N) is 1. The molecule has 3 N–H and O–H groups in total. The molecule has 1 amide bonds. The van der Waals surface area contributed by atoms with Gasteiger partial charge in [0.15, 0.2) is 5.78 Å². The molecule has 1 saturated carbocycles. The Morgan fingerprint density at radius 3 is 2.38 bits per heavy atom. The van der Waals surface area contributed by atoms with Crippen molar-refractivity contribution in [2.75, 3.05) is 0 Å². The van der Waals surface area contributed by atoms with Crippen LogP contribution in [-0.4, -0.2) is 23.3 Å². The minimum absolute atomic E-state index is 0.0439. The predicted molar refractivity (Wildman–Crippen MR) is 82.8 cm³/mol. The monoisotopic (exact) mass is 288 g/mol. The number of Topliss-reactive ketones (excluding diaryl/α,β-unsaturated/α-hetero) is 1. The Morgan fingerprint density at radius 2 is 1.81 bits per heavy atom. The van der Waals surface area contributed by atoms with E-state index in [-0.39, 0.29) is 11.7 Å². The Kier molecular flexibility index (Phi) is 5.12. The predicted octanol–water partition coefficient (Wildman–Crippen LogP) is 1.96. The van der Waals surface area contributed by atoms with Gasteiger partial charge in [0.25, 0.3) is 0 Å². The van der Waals surface area contributed by atoms with Crippen LogP contribution in [0.15, 0.2) is 30.3 Å².